The van der Waals surface area contributed by atoms with Gasteiger partial charge in [-0.1, -0.05) is 34.1 Å². The molecule has 0 radical (unpaired) electrons. The first kappa shape index (κ1) is 13.4. The van der Waals surface area contributed by atoms with Gasteiger partial charge in [-0.3, -0.25) is 4.90 Å². The largest absolute Gasteiger partial charge is 0.311 e. The van der Waals surface area contributed by atoms with Crippen LogP contribution in [0, 0.1) is 5.41 Å². The molecule has 2 nitrogen and oxygen atoms in total. The van der Waals surface area contributed by atoms with Crippen molar-refractivity contribution in [2.24, 2.45) is 5.41 Å². The van der Waals surface area contributed by atoms with Crippen molar-refractivity contribution in [3.63, 3.8) is 0 Å². The molecule has 0 amide bonds. The van der Waals surface area contributed by atoms with Gasteiger partial charge in [0.25, 0.3) is 0 Å². The first-order valence-electron chi connectivity index (χ1n) is 7.49. The van der Waals surface area contributed by atoms with Crippen LogP contribution in [-0.2, 0) is 0 Å². The van der Waals surface area contributed by atoms with Gasteiger partial charge in [0.1, 0.15) is 0 Å². The molecule has 17 heavy (non-hydrogen) atoms. The van der Waals surface area contributed by atoms with Crippen LogP contribution in [0.1, 0.15) is 59.8 Å². The summed E-state index contributed by atoms with van der Waals surface area (Å²) in [6.45, 7) is 12.0. The van der Waals surface area contributed by atoms with E-state index in [2.05, 4.69) is 37.9 Å². The van der Waals surface area contributed by atoms with Crippen molar-refractivity contribution in [2.75, 3.05) is 13.1 Å². The third kappa shape index (κ3) is 3.23. The van der Waals surface area contributed by atoms with Crippen molar-refractivity contribution < 1.29 is 0 Å². The van der Waals surface area contributed by atoms with Crippen molar-refractivity contribution in [1.82, 2.24) is 10.2 Å². The summed E-state index contributed by atoms with van der Waals surface area (Å²) in [5.41, 5.74) is 0.541. The third-order valence-corrected chi connectivity index (χ3v) is 4.66. The lowest BCUT2D eigenvalue weighted by Crippen LogP contribution is -2.53. The summed E-state index contributed by atoms with van der Waals surface area (Å²) in [5.74, 6) is 0. The van der Waals surface area contributed by atoms with Crippen LogP contribution in [0.25, 0.3) is 0 Å². The van der Waals surface area contributed by atoms with Gasteiger partial charge in [0, 0.05) is 24.7 Å². The number of hydrogen-bond acceptors (Lipinski definition) is 2. The van der Waals surface area contributed by atoms with E-state index in [0.717, 1.165) is 12.1 Å². The third-order valence-electron chi connectivity index (χ3n) is 4.66. The van der Waals surface area contributed by atoms with Crippen LogP contribution in [0.3, 0.4) is 0 Å². The molecule has 0 spiro atoms. The number of piperidine rings is 1. The summed E-state index contributed by atoms with van der Waals surface area (Å²) in [5, 5.41) is 3.72. The van der Waals surface area contributed by atoms with Crippen molar-refractivity contribution in [3.05, 3.63) is 0 Å². The Morgan fingerprint density at radius 2 is 1.94 bits per heavy atom. The van der Waals surface area contributed by atoms with Crippen LogP contribution in [0.15, 0.2) is 0 Å². The molecule has 0 aromatic carbocycles. The van der Waals surface area contributed by atoms with Gasteiger partial charge in [-0.25, -0.2) is 0 Å². The van der Waals surface area contributed by atoms with E-state index >= 15 is 0 Å². The maximum absolute atomic E-state index is 3.72. The molecule has 1 aliphatic heterocycles. The molecule has 2 fully saturated rings. The van der Waals surface area contributed by atoms with Gasteiger partial charge >= 0.3 is 0 Å². The summed E-state index contributed by atoms with van der Waals surface area (Å²) in [6, 6.07) is 2.18. The monoisotopic (exact) mass is 238 g/mol. The van der Waals surface area contributed by atoms with Gasteiger partial charge in [0.2, 0.25) is 0 Å². The number of likely N-dealkylation sites (tertiary alicyclic amines) is 1. The van der Waals surface area contributed by atoms with Gasteiger partial charge in [-0.2, -0.15) is 0 Å². The summed E-state index contributed by atoms with van der Waals surface area (Å²) in [6.07, 6.45) is 6.99. The van der Waals surface area contributed by atoms with Crippen LogP contribution in [-0.4, -0.2) is 36.1 Å². The zero-order valence-electron chi connectivity index (χ0n) is 12.1. The molecule has 1 N–H and O–H groups in total. The second-order valence-electron chi connectivity index (χ2n) is 7.05. The van der Waals surface area contributed by atoms with Gasteiger partial charge in [0.05, 0.1) is 0 Å². The first-order chi connectivity index (χ1) is 7.99. The molecule has 2 unspecified atom stereocenters. The molecule has 0 aromatic rings. The van der Waals surface area contributed by atoms with Crippen LogP contribution < -0.4 is 5.32 Å². The fourth-order valence-corrected chi connectivity index (χ4v) is 3.88. The quantitative estimate of drug-likeness (QED) is 0.813. The normalized spacial score (nSPS) is 34.4. The molecular weight excluding hydrogens is 208 g/mol. The molecule has 100 valence electrons. The zero-order valence-corrected chi connectivity index (χ0v) is 12.1. The molecule has 0 aromatic heterocycles. The molecule has 2 heteroatoms. The molecule has 1 saturated carbocycles. The highest BCUT2D eigenvalue weighted by atomic mass is 15.2. The smallest absolute Gasteiger partial charge is 0.0197 e. The molecule has 2 rings (SSSR count). The Hall–Kier alpha value is -0.0800. The van der Waals surface area contributed by atoms with Gasteiger partial charge in [-0.05, 0) is 37.6 Å². The van der Waals surface area contributed by atoms with Gasteiger partial charge < -0.3 is 5.32 Å². The first-order valence-corrected chi connectivity index (χ1v) is 7.49. The summed E-state index contributed by atoms with van der Waals surface area (Å²) in [4.78, 5) is 2.77. The van der Waals surface area contributed by atoms with Crippen molar-refractivity contribution in [1.29, 1.82) is 0 Å². The maximum atomic E-state index is 3.72. The Morgan fingerprint density at radius 3 is 2.53 bits per heavy atom. The summed E-state index contributed by atoms with van der Waals surface area (Å²) < 4.78 is 0. The van der Waals surface area contributed by atoms with Crippen LogP contribution in [0.4, 0.5) is 0 Å². The molecule has 2 atom stereocenters. The molecule has 0 bridgehead atoms. The number of nitrogens with one attached hydrogen (secondary N) is 1. The number of nitrogens with zero attached hydrogens (tertiary/aromatic N) is 1. The van der Waals surface area contributed by atoms with E-state index in [0.29, 0.717) is 11.5 Å². The Balaban J connectivity index is 1.93. The molecule has 1 saturated heterocycles. The second-order valence-corrected chi connectivity index (χ2v) is 7.05. The Morgan fingerprint density at radius 1 is 1.18 bits per heavy atom. The summed E-state index contributed by atoms with van der Waals surface area (Å²) >= 11 is 0. The Labute approximate surface area is 107 Å². The number of hydrogen-bond donors (Lipinski definition) is 1. The summed E-state index contributed by atoms with van der Waals surface area (Å²) in [7, 11) is 0. The Kier molecular flexibility index (Phi) is 4.14. The van der Waals surface area contributed by atoms with Crippen LogP contribution in [0.2, 0.25) is 0 Å². The maximum Gasteiger partial charge on any atom is 0.0197 e. The Bertz CT molecular complexity index is 247. The average molecular weight is 238 g/mol. The predicted octanol–water partition coefficient (Wildman–Crippen LogP) is 3.03. The standard InChI is InChI=1S/C15H30N2/c1-12(2)16-13-7-6-10-17(11-13)14-8-5-9-15(14,3)4/h12-14,16H,5-11H2,1-4H3. The van der Waals surface area contributed by atoms with E-state index in [1.165, 1.54) is 45.2 Å². The van der Waals surface area contributed by atoms with Gasteiger partial charge in [0.15, 0.2) is 0 Å². The highest BCUT2D eigenvalue weighted by molar-refractivity contribution is 4.94. The average Bonchev–Trinajstić information content (AvgIpc) is 2.57. The van der Waals surface area contributed by atoms with E-state index in [-0.39, 0.29) is 0 Å². The van der Waals surface area contributed by atoms with Crippen molar-refractivity contribution in [2.45, 2.75) is 77.9 Å². The minimum atomic E-state index is 0.541. The zero-order chi connectivity index (χ0) is 12.5. The fraction of sp³-hybridized carbons (Fsp3) is 1.00. The lowest BCUT2D eigenvalue weighted by Gasteiger charge is -2.43. The fourth-order valence-electron chi connectivity index (χ4n) is 3.88. The second kappa shape index (κ2) is 5.27. The molecule has 1 heterocycles. The SMILES string of the molecule is CC(C)NC1CCCN(C2CCCC2(C)C)C1. The van der Waals surface area contributed by atoms with E-state index in [1.807, 2.05) is 0 Å². The lowest BCUT2D eigenvalue weighted by molar-refractivity contribution is 0.0759. The molecule has 1 aliphatic carbocycles. The van der Waals surface area contributed by atoms with Gasteiger partial charge in [-0.15, -0.1) is 0 Å². The number of rotatable bonds is 3. The minimum absolute atomic E-state index is 0.541. The highest BCUT2D eigenvalue weighted by Gasteiger charge is 2.39. The van der Waals surface area contributed by atoms with E-state index in [1.54, 1.807) is 0 Å². The van der Waals surface area contributed by atoms with E-state index in [9.17, 15) is 0 Å². The molecular formula is C15H30N2. The predicted molar refractivity (Wildman–Crippen MR) is 74.3 cm³/mol. The lowest BCUT2D eigenvalue weighted by atomic mass is 9.85. The van der Waals surface area contributed by atoms with Crippen molar-refractivity contribution in [3.8, 4) is 0 Å². The topological polar surface area (TPSA) is 15.3 Å². The van der Waals surface area contributed by atoms with E-state index in [4.69, 9.17) is 0 Å². The highest BCUT2D eigenvalue weighted by Crippen LogP contribution is 2.41. The molecule has 2 aliphatic rings. The minimum Gasteiger partial charge on any atom is -0.311 e. The van der Waals surface area contributed by atoms with Crippen LogP contribution in [0.5, 0.6) is 0 Å². The van der Waals surface area contributed by atoms with Crippen LogP contribution >= 0.6 is 0 Å². The van der Waals surface area contributed by atoms with Crippen molar-refractivity contribution >= 4 is 0 Å². The van der Waals surface area contributed by atoms with E-state index < -0.39 is 0 Å².